The Morgan fingerprint density at radius 2 is 2.28 bits per heavy atom. The predicted octanol–water partition coefficient (Wildman–Crippen LogP) is 3.27. The molecule has 4 heteroatoms. The number of nitrogens with zero attached hydrogens (tertiary/aromatic N) is 2. The molecular weight excluding hydrogens is 292 g/mol. The molecule has 1 rings (SSSR count). The summed E-state index contributed by atoms with van der Waals surface area (Å²) in [5.74, 6) is -0.274. The van der Waals surface area contributed by atoms with Crippen molar-refractivity contribution in [2.75, 3.05) is 7.05 Å². The number of hydrogen-bond donors (Lipinski definition) is 0. The van der Waals surface area contributed by atoms with E-state index in [1.165, 1.54) is 18.7 Å². The van der Waals surface area contributed by atoms with Crippen LogP contribution in [0.4, 0.5) is 0 Å². The van der Waals surface area contributed by atoms with Gasteiger partial charge in [-0.15, -0.1) is 0 Å². The van der Waals surface area contributed by atoms with Gasteiger partial charge in [0.15, 0.2) is 6.19 Å². The van der Waals surface area contributed by atoms with E-state index in [9.17, 15) is 4.79 Å². The van der Waals surface area contributed by atoms with Crippen molar-refractivity contribution in [2.45, 2.75) is 19.8 Å². The van der Waals surface area contributed by atoms with Gasteiger partial charge < -0.3 is 0 Å². The van der Waals surface area contributed by atoms with E-state index in [4.69, 9.17) is 5.26 Å². The molecule has 1 amide bonds. The van der Waals surface area contributed by atoms with Gasteiger partial charge in [0.1, 0.15) is 0 Å². The summed E-state index contributed by atoms with van der Waals surface area (Å²) in [6.45, 7) is 1.90. The molecule has 0 bridgehead atoms. The third-order valence-corrected chi connectivity index (χ3v) is 3.04. The van der Waals surface area contributed by atoms with Crippen LogP contribution in [0.25, 0.3) is 0 Å². The van der Waals surface area contributed by atoms with Crippen LogP contribution in [-0.2, 0) is 11.2 Å². The topological polar surface area (TPSA) is 44.1 Å². The number of benzene rings is 1. The minimum atomic E-state index is -0.274. The number of likely N-dealkylation sites (N-methyl/N-ethyl adjacent to an activating group) is 1. The minimum Gasteiger partial charge on any atom is -0.269 e. The number of halogens is 1. The van der Waals surface area contributed by atoms with E-state index >= 15 is 0 Å². The maximum absolute atomic E-state index is 11.5. The zero-order valence-corrected chi connectivity index (χ0v) is 12.1. The summed E-state index contributed by atoms with van der Waals surface area (Å²) in [4.78, 5) is 12.5. The van der Waals surface area contributed by atoms with Crippen LogP contribution < -0.4 is 0 Å². The van der Waals surface area contributed by atoms with Crippen molar-refractivity contribution in [3.8, 4) is 6.19 Å². The first kappa shape index (κ1) is 14.5. The Hall–Kier alpha value is -1.60. The van der Waals surface area contributed by atoms with Gasteiger partial charge in [0.2, 0.25) is 0 Å². The van der Waals surface area contributed by atoms with Crippen molar-refractivity contribution in [3.63, 3.8) is 0 Å². The Bertz CT molecular complexity index is 503. The smallest absolute Gasteiger partial charge is 0.259 e. The number of carbonyl (C=O) groups excluding carboxylic acids is 1. The molecule has 0 heterocycles. The lowest BCUT2D eigenvalue weighted by atomic mass is 10.1. The molecule has 0 aromatic heterocycles. The van der Waals surface area contributed by atoms with Gasteiger partial charge in [-0.25, -0.2) is 4.90 Å². The maximum atomic E-state index is 11.5. The minimum absolute atomic E-state index is 0.274. The van der Waals surface area contributed by atoms with Crippen molar-refractivity contribution < 1.29 is 4.79 Å². The summed E-state index contributed by atoms with van der Waals surface area (Å²) in [6, 6.07) is 8.10. The molecule has 0 unspecified atom stereocenters. The van der Waals surface area contributed by atoms with Crippen molar-refractivity contribution in [2.24, 2.45) is 0 Å². The molecule has 0 N–H and O–H groups in total. The van der Waals surface area contributed by atoms with Crippen LogP contribution in [0, 0.1) is 11.5 Å². The van der Waals surface area contributed by atoms with E-state index in [1.807, 2.05) is 19.1 Å². The van der Waals surface area contributed by atoms with Gasteiger partial charge in [0.05, 0.1) is 0 Å². The summed E-state index contributed by atoms with van der Waals surface area (Å²) in [5, 5.41) is 8.58. The number of nitriles is 1. The Balaban J connectivity index is 2.56. The number of rotatable bonds is 4. The van der Waals surface area contributed by atoms with Gasteiger partial charge >= 0.3 is 0 Å². The molecule has 0 aliphatic carbocycles. The highest BCUT2D eigenvalue weighted by Gasteiger charge is 2.04. The van der Waals surface area contributed by atoms with Crippen LogP contribution in [-0.4, -0.2) is 17.9 Å². The average Bonchev–Trinajstić information content (AvgIpc) is 2.35. The molecule has 0 fully saturated rings. The first-order valence-corrected chi connectivity index (χ1v) is 6.41. The summed E-state index contributed by atoms with van der Waals surface area (Å²) in [7, 11) is 1.46. The van der Waals surface area contributed by atoms with Crippen molar-refractivity contribution >= 4 is 21.8 Å². The van der Waals surface area contributed by atoms with E-state index in [-0.39, 0.29) is 5.91 Å². The van der Waals surface area contributed by atoms with E-state index in [1.54, 1.807) is 6.19 Å². The molecule has 0 saturated carbocycles. The third-order valence-electron chi connectivity index (χ3n) is 2.55. The van der Waals surface area contributed by atoms with E-state index in [0.717, 1.165) is 27.8 Å². The summed E-state index contributed by atoms with van der Waals surface area (Å²) in [5.41, 5.74) is 2.19. The number of carbonyl (C=O) groups is 1. The Morgan fingerprint density at radius 3 is 2.89 bits per heavy atom. The highest BCUT2D eigenvalue weighted by Crippen LogP contribution is 2.15. The number of allylic oxidation sites excluding steroid dienone is 1. The zero-order chi connectivity index (χ0) is 13.5. The average molecular weight is 307 g/mol. The van der Waals surface area contributed by atoms with Gasteiger partial charge in [-0.2, -0.15) is 5.26 Å². The van der Waals surface area contributed by atoms with Crippen LogP contribution in [0.15, 0.2) is 40.4 Å². The molecular formula is C14H15BrN2O. The molecule has 0 radical (unpaired) electrons. The number of aryl methyl sites for hydroxylation is 1. The fourth-order valence-corrected chi connectivity index (χ4v) is 1.91. The maximum Gasteiger partial charge on any atom is 0.259 e. The van der Waals surface area contributed by atoms with Crippen molar-refractivity contribution in [3.05, 3.63) is 46.0 Å². The molecule has 0 atom stereocenters. The highest BCUT2D eigenvalue weighted by atomic mass is 79.9. The number of hydrogen-bond acceptors (Lipinski definition) is 2. The number of amides is 1. The molecule has 0 saturated heterocycles. The second kappa shape index (κ2) is 6.97. The summed E-state index contributed by atoms with van der Waals surface area (Å²) in [6.07, 6.45) is 4.99. The lowest BCUT2D eigenvalue weighted by Gasteiger charge is -2.05. The van der Waals surface area contributed by atoms with Crippen molar-refractivity contribution in [1.29, 1.82) is 5.26 Å². The fraction of sp³-hybridized carbons (Fsp3) is 0.286. The molecule has 0 aliphatic rings. The largest absolute Gasteiger partial charge is 0.269 e. The Kier molecular flexibility index (Phi) is 5.60. The summed E-state index contributed by atoms with van der Waals surface area (Å²) >= 11 is 3.43. The van der Waals surface area contributed by atoms with Gasteiger partial charge in [-0.3, -0.25) is 4.79 Å². The molecule has 0 spiro atoms. The second-order valence-electron chi connectivity index (χ2n) is 4.12. The molecule has 3 nitrogen and oxygen atoms in total. The van der Waals surface area contributed by atoms with Gasteiger partial charge in [-0.1, -0.05) is 33.6 Å². The van der Waals surface area contributed by atoms with Gasteiger partial charge in [0, 0.05) is 17.6 Å². The molecule has 18 heavy (non-hydrogen) atoms. The van der Waals surface area contributed by atoms with Crippen LogP contribution in [0.2, 0.25) is 0 Å². The molecule has 1 aromatic rings. The first-order chi connectivity index (χ1) is 8.52. The SMILES string of the molecule is C/C(=C\C(=O)N(C)C#N)CCc1cccc(Br)c1. The predicted molar refractivity (Wildman–Crippen MR) is 74.6 cm³/mol. The van der Waals surface area contributed by atoms with Crippen LogP contribution in [0.5, 0.6) is 0 Å². The van der Waals surface area contributed by atoms with E-state index in [2.05, 4.69) is 28.1 Å². The molecule has 0 aliphatic heterocycles. The van der Waals surface area contributed by atoms with E-state index < -0.39 is 0 Å². The summed E-state index contributed by atoms with van der Waals surface area (Å²) < 4.78 is 1.06. The fourth-order valence-electron chi connectivity index (χ4n) is 1.46. The zero-order valence-electron chi connectivity index (χ0n) is 10.5. The van der Waals surface area contributed by atoms with Crippen LogP contribution >= 0.6 is 15.9 Å². The monoisotopic (exact) mass is 306 g/mol. The highest BCUT2D eigenvalue weighted by molar-refractivity contribution is 9.10. The lowest BCUT2D eigenvalue weighted by Crippen LogP contribution is -2.18. The quantitative estimate of drug-likeness (QED) is 0.487. The molecule has 1 aromatic carbocycles. The van der Waals surface area contributed by atoms with Gasteiger partial charge in [0.25, 0.3) is 5.91 Å². The standard InChI is InChI=1S/C14H15BrN2O/c1-11(8-14(18)17(2)10-16)6-7-12-4-3-5-13(15)9-12/h3-5,8-9H,6-7H2,1-2H3/b11-8+. The van der Waals surface area contributed by atoms with Crippen LogP contribution in [0.1, 0.15) is 18.9 Å². The third kappa shape index (κ3) is 4.72. The molecule has 94 valence electrons. The lowest BCUT2D eigenvalue weighted by molar-refractivity contribution is -0.122. The normalized spacial score (nSPS) is 10.9. The first-order valence-electron chi connectivity index (χ1n) is 5.62. The Morgan fingerprint density at radius 1 is 1.56 bits per heavy atom. The second-order valence-corrected chi connectivity index (χ2v) is 5.03. The van der Waals surface area contributed by atoms with Gasteiger partial charge in [-0.05, 0) is 37.5 Å². The van der Waals surface area contributed by atoms with Crippen LogP contribution in [0.3, 0.4) is 0 Å². The Labute approximate surface area is 116 Å². The van der Waals surface area contributed by atoms with Crippen molar-refractivity contribution in [1.82, 2.24) is 4.90 Å². The van der Waals surface area contributed by atoms with E-state index in [0.29, 0.717) is 0 Å².